The molecule has 2 aliphatic rings. The van der Waals surface area contributed by atoms with Crippen molar-refractivity contribution in [3.8, 4) is 0 Å². The minimum Gasteiger partial charge on any atom is -0.479 e. The molecule has 0 aromatic carbocycles. The predicted molar refractivity (Wildman–Crippen MR) is 102 cm³/mol. The van der Waals surface area contributed by atoms with Crippen LogP contribution in [0.4, 0.5) is 0 Å². The number of esters is 2. The number of amides is 1. The topological polar surface area (TPSA) is 133 Å². The highest BCUT2D eigenvalue weighted by Crippen LogP contribution is 2.12. The van der Waals surface area contributed by atoms with Crippen molar-refractivity contribution in [1.29, 1.82) is 0 Å². The van der Waals surface area contributed by atoms with Crippen LogP contribution in [0.3, 0.4) is 0 Å². The molecule has 2 rings (SSSR count). The van der Waals surface area contributed by atoms with E-state index in [1.807, 2.05) is 0 Å². The average molecular weight is 401 g/mol. The smallest absolute Gasteiger partial charge is 0.303 e. The fourth-order valence-electron chi connectivity index (χ4n) is 2.28. The van der Waals surface area contributed by atoms with Gasteiger partial charge in [0.2, 0.25) is 5.91 Å². The van der Waals surface area contributed by atoms with E-state index in [0.717, 1.165) is 0 Å². The standard InChI is InChI=1S/C10H15NO5.C6H11NO3.CH4.B/c1-6-11-9(4-14-6)10(16-8(3)13)5-15-7(2)12;1-4(8)7-5-2-10-3-6(5)9;;/h9-10H,4-5H2,1-3H3;5-6,9H,2-3H2,1H3,(H,7,8);1H4;/t9-,10-;5-,6-;;/m00../s1. The maximum absolute atomic E-state index is 10.9. The summed E-state index contributed by atoms with van der Waals surface area (Å²) >= 11 is 0. The van der Waals surface area contributed by atoms with Crippen molar-refractivity contribution in [1.82, 2.24) is 5.32 Å². The fourth-order valence-corrected chi connectivity index (χ4v) is 2.28. The Kier molecular flexibility index (Phi) is 14.0. The van der Waals surface area contributed by atoms with Gasteiger partial charge in [-0.3, -0.25) is 14.4 Å². The van der Waals surface area contributed by atoms with Gasteiger partial charge in [-0.1, -0.05) is 7.43 Å². The van der Waals surface area contributed by atoms with Crippen LogP contribution >= 0.6 is 0 Å². The van der Waals surface area contributed by atoms with Gasteiger partial charge in [-0.2, -0.15) is 0 Å². The monoisotopic (exact) mass is 401 g/mol. The first-order valence-corrected chi connectivity index (χ1v) is 8.19. The van der Waals surface area contributed by atoms with Crippen LogP contribution in [-0.4, -0.2) is 88.0 Å². The Morgan fingerprint density at radius 1 is 1.21 bits per heavy atom. The van der Waals surface area contributed by atoms with Gasteiger partial charge in [0.15, 0.2) is 12.0 Å². The van der Waals surface area contributed by atoms with E-state index in [-0.39, 0.29) is 40.4 Å². The Labute approximate surface area is 167 Å². The van der Waals surface area contributed by atoms with E-state index in [0.29, 0.717) is 25.7 Å². The van der Waals surface area contributed by atoms with E-state index in [9.17, 15) is 14.4 Å². The molecule has 1 saturated heterocycles. The molecule has 0 bridgehead atoms. The summed E-state index contributed by atoms with van der Waals surface area (Å²) in [5.74, 6) is -0.437. The highest BCUT2D eigenvalue weighted by molar-refractivity contribution is 5.76. The number of aliphatic hydroxyl groups is 1. The zero-order valence-corrected chi connectivity index (χ0v) is 16.0. The van der Waals surface area contributed by atoms with Crippen LogP contribution in [0.5, 0.6) is 0 Å². The van der Waals surface area contributed by atoms with E-state index in [1.54, 1.807) is 6.92 Å². The molecule has 2 heterocycles. The first kappa shape index (κ1) is 28.1. The van der Waals surface area contributed by atoms with Gasteiger partial charge in [0, 0.05) is 36.1 Å². The van der Waals surface area contributed by atoms with Gasteiger partial charge in [-0.15, -0.1) is 0 Å². The maximum Gasteiger partial charge on any atom is 0.303 e. The molecule has 10 nitrogen and oxygen atoms in total. The molecule has 0 saturated carbocycles. The number of nitrogens with zero attached hydrogens (tertiary/aromatic N) is 1. The number of aliphatic imine (C=N–C) groups is 1. The van der Waals surface area contributed by atoms with Crippen LogP contribution in [-0.2, 0) is 33.3 Å². The summed E-state index contributed by atoms with van der Waals surface area (Å²) < 4.78 is 19.9. The number of aliphatic hydroxyl groups excluding tert-OH is 1. The lowest BCUT2D eigenvalue weighted by atomic mass is 10.2. The summed E-state index contributed by atoms with van der Waals surface area (Å²) in [5, 5.41) is 11.7. The van der Waals surface area contributed by atoms with Gasteiger partial charge >= 0.3 is 11.9 Å². The van der Waals surface area contributed by atoms with Gasteiger partial charge in [0.25, 0.3) is 0 Å². The van der Waals surface area contributed by atoms with Gasteiger partial charge < -0.3 is 29.4 Å². The normalized spacial score (nSPS) is 23.3. The van der Waals surface area contributed by atoms with Gasteiger partial charge in [-0.25, -0.2) is 4.99 Å². The molecule has 0 aliphatic carbocycles. The molecule has 1 fully saturated rings. The molecule has 0 aromatic heterocycles. The molecule has 2 aliphatic heterocycles. The van der Waals surface area contributed by atoms with E-state index in [2.05, 4.69) is 10.3 Å². The first-order chi connectivity index (χ1) is 12.2. The SMILES string of the molecule is C.CC(=O)N[C@H]1COC[C@@H]1O.CC(=O)OC[C@H](OC(C)=O)[C@@H]1COC(C)=N1.[B]. The van der Waals surface area contributed by atoms with Crippen LogP contribution in [0.1, 0.15) is 35.1 Å². The zero-order chi connectivity index (χ0) is 19.7. The molecule has 28 heavy (non-hydrogen) atoms. The highest BCUT2D eigenvalue weighted by atomic mass is 16.6. The molecule has 0 aromatic rings. The first-order valence-electron chi connectivity index (χ1n) is 8.19. The van der Waals surface area contributed by atoms with E-state index in [4.69, 9.17) is 24.1 Å². The van der Waals surface area contributed by atoms with Crippen LogP contribution in [0, 0.1) is 0 Å². The van der Waals surface area contributed by atoms with E-state index >= 15 is 0 Å². The second kappa shape index (κ2) is 13.9. The highest BCUT2D eigenvalue weighted by Gasteiger charge is 2.29. The lowest BCUT2D eigenvalue weighted by Crippen LogP contribution is -2.41. The maximum atomic E-state index is 10.9. The average Bonchev–Trinajstić information content (AvgIpc) is 3.12. The van der Waals surface area contributed by atoms with Crippen molar-refractivity contribution in [2.45, 2.75) is 59.4 Å². The Hall–Kier alpha value is -2.14. The minimum atomic E-state index is -0.584. The van der Waals surface area contributed by atoms with E-state index in [1.165, 1.54) is 20.8 Å². The zero-order valence-electron chi connectivity index (χ0n) is 16.0. The quantitative estimate of drug-likeness (QED) is 0.463. The fraction of sp³-hybridized carbons (Fsp3) is 0.765. The molecule has 11 heteroatoms. The molecule has 159 valence electrons. The Morgan fingerprint density at radius 2 is 1.86 bits per heavy atom. The Morgan fingerprint density at radius 3 is 2.25 bits per heavy atom. The van der Waals surface area contributed by atoms with Crippen molar-refractivity contribution in [3.63, 3.8) is 0 Å². The number of hydrogen-bond donors (Lipinski definition) is 2. The number of nitrogens with one attached hydrogen (secondary N) is 1. The minimum absolute atomic E-state index is 0. The number of carbonyl (C=O) groups excluding carboxylic acids is 3. The summed E-state index contributed by atoms with van der Waals surface area (Å²) in [6, 6.07) is -0.513. The number of carbonyl (C=O) groups is 3. The van der Waals surface area contributed by atoms with E-state index < -0.39 is 24.1 Å². The third-order valence-electron chi connectivity index (χ3n) is 3.45. The summed E-state index contributed by atoms with van der Waals surface area (Å²) in [6.45, 7) is 6.82. The molecular weight excluding hydrogens is 371 g/mol. The van der Waals surface area contributed by atoms with Crippen LogP contribution in [0.2, 0.25) is 0 Å². The van der Waals surface area contributed by atoms with Crippen LogP contribution in [0.15, 0.2) is 4.99 Å². The third-order valence-corrected chi connectivity index (χ3v) is 3.45. The lowest BCUT2D eigenvalue weighted by Gasteiger charge is -2.19. The summed E-state index contributed by atoms with van der Waals surface area (Å²) in [5.41, 5.74) is 0. The van der Waals surface area contributed by atoms with Gasteiger partial charge in [-0.05, 0) is 0 Å². The molecule has 1 amide bonds. The van der Waals surface area contributed by atoms with Crippen molar-refractivity contribution >= 4 is 32.2 Å². The van der Waals surface area contributed by atoms with Crippen molar-refractivity contribution in [3.05, 3.63) is 0 Å². The summed E-state index contributed by atoms with van der Waals surface area (Å²) in [7, 11) is 0. The molecule has 3 radical (unpaired) electrons. The molecular formula is C17H30BN2O8. The molecule has 2 N–H and O–H groups in total. The molecule has 4 atom stereocenters. The van der Waals surface area contributed by atoms with Gasteiger partial charge in [0.1, 0.15) is 19.3 Å². The third kappa shape index (κ3) is 10.9. The summed E-state index contributed by atoms with van der Waals surface area (Å²) in [6.07, 6.45) is -1.12. The van der Waals surface area contributed by atoms with Crippen LogP contribution < -0.4 is 5.32 Å². The number of ether oxygens (including phenoxy) is 4. The lowest BCUT2D eigenvalue weighted by molar-refractivity contribution is -0.157. The van der Waals surface area contributed by atoms with Crippen molar-refractivity contribution in [2.75, 3.05) is 26.4 Å². The number of rotatable bonds is 5. The predicted octanol–water partition coefficient (Wildman–Crippen LogP) is -0.564. The summed E-state index contributed by atoms with van der Waals surface area (Å²) in [4.78, 5) is 36.2. The Bertz CT molecular complexity index is 543. The Balaban J connectivity index is 0. The molecule has 0 unspecified atom stereocenters. The second-order valence-electron chi connectivity index (χ2n) is 5.89. The number of hydrogen-bond acceptors (Lipinski definition) is 9. The van der Waals surface area contributed by atoms with Crippen molar-refractivity contribution < 1.29 is 38.4 Å². The van der Waals surface area contributed by atoms with Crippen LogP contribution in [0.25, 0.3) is 0 Å². The second-order valence-corrected chi connectivity index (χ2v) is 5.89. The van der Waals surface area contributed by atoms with Gasteiger partial charge in [0.05, 0.1) is 25.4 Å². The molecule has 0 spiro atoms. The van der Waals surface area contributed by atoms with Crippen molar-refractivity contribution in [2.24, 2.45) is 4.99 Å². The largest absolute Gasteiger partial charge is 0.479 e.